The van der Waals surface area contributed by atoms with Crippen molar-refractivity contribution in [2.24, 2.45) is 5.41 Å². The van der Waals surface area contributed by atoms with E-state index in [9.17, 15) is 9.59 Å². The number of carbonyl (C=O) groups is 1. The molecule has 28 heavy (non-hydrogen) atoms. The van der Waals surface area contributed by atoms with Crippen molar-refractivity contribution in [3.8, 4) is 0 Å². The van der Waals surface area contributed by atoms with E-state index in [0.29, 0.717) is 10.6 Å². The Labute approximate surface area is 175 Å². The van der Waals surface area contributed by atoms with E-state index in [1.165, 1.54) is 23.5 Å². The zero-order chi connectivity index (χ0) is 21.1. The number of esters is 1. The molecule has 0 aliphatic heterocycles. The molecule has 0 fully saturated rings. The molecule has 0 N–H and O–H groups in total. The van der Waals surface area contributed by atoms with Crippen LogP contribution < -0.4 is 5.56 Å². The zero-order valence-corrected chi connectivity index (χ0v) is 18.8. The maximum atomic E-state index is 12.4. The Bertz CT molecular complexity index is 894. The summed E-state index contributed by atoms with van der Waals surface area (Å²) in [5.74, 6) is 0.267. The van der Waals surface area contributed by atoms with Crippen LogP contribution in [0.3, 0.4) is 0 Å². The molecule has 0 bridgehead atoms. The first-order valence-corrected chi connectivity index (χ1v) is 10.4. The third-order valence-corrected chi connectivity index (χ3v) is 5.67. The number of hydrogen-bond donors (Lipinski definition) is 0. The van der Waals surface area contributed by atoms with E-state index in [1.807, 2.05) is 0 Å². The highest BCUT2D eigenvalue weighted by Gasteiger charge is 2.23. The molecule has 1 aromatic carbocycles. The van der Waals surface area contributed by atoms with E-state index < -0.39 is 16.9 Å². The number of rotatable bonds is 5. The number of aromatic nitrogens is 2. The molecule has 2 aromatic rings. The van der Waals surface area contributed by atoms with Gasteiger partial charge in [0.2, 0.25) is 0 Å². The highest BCUT2D eigenvalue weighted by atomic mass is 35.5. The van der Waals surface area contributed by atoms with Crippen molar-refractivity contribution in [1.82, 2.24) is 9.78 Å². The van der Waals surface area contributed by atoms with Crippen molar-refractivity contribution in [3.63, 3.8) is 0 Å². The van der Waals surface area contributed by atoms with Crippen molar-refractivity contribution < 1.29 is 9.53 Å². The minimum Gasteiger partial charge on any atom is -0.442 e. The number of carbonyl (C=O) groups excluding carboxylic acids is 1. The molecule has 2 rings (SSSR count). The second kappa shape index (κ2) is 8.70. The van der Waals surface area contributed by atoms with Gasteiger partial charge in [-0.25, -0.2) is 0 Å². The van der Waals surface area contributed by atoms with Gasteiger partial charge in [-0.1, -0.05) is 56.6 Å². The number of nitrogens with zero attached hydrogens (tertiary/aromatic N) is 2. The van der Waals surface area contributed by atoms with E-state index >= 15 is 0 Å². The van der Waals surface area contributed by atoms with Crippen LogP contribution in [0.1, 0.15) is 52.7 Å². The molecule has 0 amide bonds. The minimum absolute atomic E-state index is 0.0816. The fourth-order valence-electron chi connectivity index (χ4n) is 2.24. The lowest BCUT2D eigenvalue weighted by Gasteiger charge is -2.19. The average Bonchev–Trinajstić information content (AvgIpc) is 2.60. The Balaban J connectivity index is 2.05. The summed E-state index contributed by atoms with van der Waals surface area (Å²) in [5, 5.41) is 4.16. The lowest BCUT2D eigenvalue weighted by atomic mass is 9.87. The van der Waals surface area contributed by atoms with Crippen LogP contribution in [0, 0.1) is 5.41 Å². The van der Waals surface area contributed by atoms with Crippen LogP contribution >= 0.6 is 23.4 Å². The standard InChI is InChI=1S/C21H27ClN2O3S/c1-20(2,3)15-9-7-14(8-10-15)12-28-16-11-23-24(18(25)17(16)22)13-27-19(26)21(4,5)6/h7-11H,12-13H2,1-6H3. The monoisotopic (exact) mass is 422 g/mol. The maximum absolute atomic E-state index is 12.4. The van der Waals surface area contributed by atoms with E-state index in [0.717, 1.165) is 10.2 Å². The van der Waals surface area contributed by atoms with E-state index in [4.69, 9.17) is 16.3 Å². The van der Waals surface area contributed by atoms with Gasteiger partial charge >= 0.3 is 5.97 Å². The van der Waals surface area contributed by atoms with Crippen LogP contribution in [0.25, 0.3) is 0 Å². The normalized spacial score (nSPS) is 12.1. The fourth-order valence-corrected chi connectivity index (χ4v) is 3.40. The third-order valence-electron chi connectivity index (χ3n) is 4.10. The smallest absolute Gasteiger partial charge is 0.313 e. The summed E-state index contributed by atoms with van der Waals surface area (Å²) in [7, 11) is 0. The van der Waals surface area contributed by atoms with Crippen LogP contribution in [0.2, 0.25) is 5.02 Å². The van der Waals surface area contributed by atoms with Gasteiger partial charge in [-0.3, -0.25) is 9.59 Å². The largest absolute Gasteiger partial charge is 0.442 e. The predicted molar refractivity (Wildman–Crippen MR) is 114 cm³/mol. The number of ether oxygens (including phenoxy) is 1. The molecule has 0 spiro atoms. The first-order chi connectivity index (χ1) is 12.9. The van der Waals surface area contributed by atoms with Gasteiger partial charge in [-0.15, -0.1) is 11.8 Å². The van der Waals surface area contributed by atoms with Crippen molar-refractivity contribution >= 4 is 29.3 Å². The second-order valence-corrected chi connectivity index (χ2v) is 10.1. The summed E-state index contributed by atoms with van der Waals surface area (Å²) >= 11 is 7.67. The zero-order valence-electron chi connectivity index (χ0n) is 17.2. The quantitative estimate of drug-likeness (QED) is 0.499. The number of halogens is 1. The van der Waals surface area contributed by atoms with Gasteiger partial charge in [0, 0.05) is 5.75 Å². The molecule has 0 saturated carbocycles. The Morgan fingerprint density at radius 1 is 1.14 bits per heavy atom. The van der Waals surface area contributed by atoms with E-state index in [-0.39, 0.29) is 17.2 Å². The molecular weight excluding hydrogens is 396 g/mol. The van der Waals surface area contributed by atoms with Crippen LogP contribution in [-0.2, 0) is 27.4 Å². The van der Waals surface area contributed by atoms with E-state index in [1.54, 1.807) is 20.8 Å². The molecule has 0 unspecified atom stereocenters. The molecule has 0 radical (unpaired) electrons. The Morgan fingerprint density at radius 2 is 1.75 bits per heavy atom. The summed E-state index contributed by atoms with van der Waals surface area (Å²) in [6, 6.07) is 8.42. The summed E-state index contributed by atoms with van der Waals surface area (Å²) in [6.07, 6.45) is 1.53. The summed E-state index contributed by atoms with van der Waals surface area (Å²) in [4.78, 5) is 24.8. The fraction of sp³-hybridized carbons (Fsp3) is 0.476. The van der Waals surface area contributed by atoms with Gasteiger partial charge in [0.1, 0.15) is 5.02 Å². The van der Waals surface area contributed by atoms with Crippen LogP contribution in [0.15, 0.2) is 40.2 Å². The highest BCUT2D eigenvalue weighted by Crippen LogP contribution is 2.28. The lowest BCUT2D eigenvalue weighted by molar-refractivity contribution is -0.157. The molecule has 0 atom stereocenters. The Kier molecular flexibility index (Phi) is 6.99. The molecule has 1 heterocycles. The summed E-state index contributed by atoms with van der Waals surface area (Å²) in [6.45, 7) is 11.5. The predicted octanol–water partition coefficient (Wildman–Crippen LogP) is 5.03. The van der Waals surface area contributed by atoms with Crippen LogP contribution in [0.5, 0.6) is 0 Å². The average molecular weight is 423 g/mol. The van der Waals surface area contributed by atoms with Gasteiger partial charge in [0.15, 0.2) is 6.73 Å². The van der Waals surface area contributed by atoms with Gasteiger partial charge in [0.25, 0.3) is 5.56 Å². The van der Waals surface area contributed by atoms with Gasteiger partial charge in [0.05, 0.1) is 16.5 Å². The van der Waals surface area contributed by atoms with Crippen LogP contribution in [-0.4, -0.2) is 15.7 Å². The van der Waals surface area contributed by atoms with Gasteiger partial charge < -0.3 is 4.74 Å². The molecule has 0 aliphatic carbocycles. The Hall–Kier alpha value is -1.79. The maximum Gasteiger partial charge on any atom is 0.313 e. The first-order valence-electron chi connectivity index (χ1n) is 9.04. The third kappa shape index (κ3) is 5.85. The molecular formula is C21H27ClN2O3S. The lowest BCUT2D eigenvalue weighted by Crippen LogP contribution is -2.29. The molecule has 0 aliphatic rings. The Morgan fingerprint density at radius 3 is 2.29 bits per heavy atom. The van der Waals surface area contributed by atoms with Crippen molar-refractivity contribution in [2.75, 3.05) is 0 Å². The molecule has 1 aromatic heterocycles. The summed E-state index contributed by atoms with van der Waals surface area (Å²) in [5.41, 5.74) is 1.40. The molecule has 7 heteroatoms. The topological polar surface area (TPSA) is 61.2 Å². The number of hydrogen-bond acceptors (Lipinski definition) is 5. The van der Waals surface area contributed by atoms with Crippen molar-refractivity contribution in [3.05, 3.63) is 57.0 Å². The highest BCUT2D eigenvalue weighted by molar-refractivity contribution is 7.98. The van der Waals surface area contributed by atoms with Gasteiger partial charge in [-0.05, 0) is 37.3 Å². The molecule has 0 saturated heterocycles. The van der Waals surface area contributed by atoms with E-state index in [2.05, 4.69) is 50.1 Å². The SMILES string of the molecule is CC(C)(C)C(=O)OCn1ncc(SCc2ccc(C(C)(C)C)cc2)c(Cl)c1=O. The van der Waals surface area contributed by atoms with Gasteiger partial charge in [-0.2, -0.15) is 9.78 Å². The number of benzene rings is 1. The van der Waals surface area contributed by atoms with Crippen molar-refractivity contribution in [2.45, 2.75) is 64.3 Å². The minimum atomic E-state index is -0.647. The molecule has 152 valence electrons. The number of thioether (sulfide) groups is 1. The van der Waals surface area contributed by atoms with Crippen molar-refractivity contribution in [1.29, 1.82) is 0 Å². The second-order valence-electron chi connectivity index (χ2n) is 8.67. The summed E-state index contributed by atoms with van der Waals surface area (Å²) < 4.78 is 6.18. The first kappa shape index (κ1) is 22.5. The van der Waals surface area contributed by atoms with Crippen LogP contribution in [0.4, 0.5) is 0 Å². The molecule has 5 nitrogen and oxygen atoms in total.